The molecule has 0 bridgehead atoms. The van der Waals surface area contributed by atoms with Crippen LogP contribution in [0.2, 0.25) is 0 Å². The van der Waals surface area contributed by atoms with E-state index in [0.717, 1.165) is 23.2 Å². The van der Waals surface area contributed by atoms with Gasteiger partial charge in [-0.1, -0.05) is 49.6 Å². The molecule has 5 heteroatoms. The molecule has 0 unspecified atom stereocenters. The molecule has 1 heterocycles. The van der Waals surface area contributed by atoms with Crippen LogP contribution in [0.25, 0.3) is 0 Å². The van der Waals surface area contributed by atoms with Gasteiger partial charge in [0.15, 0.2) is 5.69 Å². The van der Waals surface area contributed by atoms with E-state index in [4.69, 9.17) is 9.84 Å². The highest BCUT2D eigenvalue weighted by Crippen LogP contribution is 2.26. The molecule has 0 aliphatic heterocycles. The van der Waals surface area contributed by atoms with Crippen LogP contribution in [0.3, 0.4) is 0 Å². The zero-order valence-electron chi connectivity index (χ0n) is 16.0. The van der Waals surface area contributed by atoms with Crippen molar-refractivity contribution in [2.24, 2.45) is 0 Å². The first-order valence-corrected chi connectivity index (χ1v) is 8.70. The number of aliphatic hydroxyl groups is 1. The average Bonchev–Trinajstić information content (AvgIpc) is 2.71. The molecule has 2 rings (SSSR count). The molecular formula is C22H24N2O3. The summed E-state index contributed by atoms with van der Waals surface area (Å²) in [5, 5.41) is 9.03. The average molecular weight is 364 g/mol. The standard InChI is InChI=1S/C22H24N2O3/c1-5-17-9-11-18(12-10-17)15-24(6-2)20-14-23-21(22(26)27-4)19(16(20)3)8-7-13-25/h6,9-12,14,25H,2,5,13,15H2,1,3-4H3. The maximum absolute atomic E-state index is 12.0. The van der Waals surface area contributed by atoms with Gasteiger partial charge in [-0.15, -0.1) is 0 Å². The molecule has 1 N–H and O–H groups in total. The predicted molar refractivity (Wildman–Crippen MR) is 106 cm³/mol. The maximum Gasteiger partial charge on any atom is 0.357 e. The largest absolute Gasteiger partial charge is 0.464 e. The molecular weight excluding hydrogens is 340 g/mol. The monoisotopic (exact) mass is 364 g/mol. The number of rotatable bonds is 6. The third kappa shape index (κ3) is 4.75. The van der Waals surface area contributed by atoms with Crippen molar-refractivity contribution in [3.8, 4) is 11.8 Å². The first kappa shape index (κ1) is 20.2. The first-order chi connectivity index (χ1) is 13.0. The number of nitrogens with zero attached hydrogens (tertiary/aromatic N) is 2. The van der Waals surface area contributed by atoms with Crippen molar-refractivity contribution in [3.05, 3.63) is 71.2 Å². The maximum atomic E-state index is 12.0. The number of aliphatic hydroxyl groups excluding tert-OH is 1. The Hall–Kier alpha value is -3.10. The lowest BCUT2D eigenvalue weighted by Crippen LogP contribution is -2.18. The molecule has 0 aliphatic rings. The van der Waals surface area contributed by atoms with Gasteiger partial charge >= 0.3 is 5.97 Å². The molecule has 0 fully saturated rings. The Kier molecular flexibility index (Phi) is 7.16. The van der Waals surface area contributed by atoms with Crippen molar-refractivity contribution in [3.63, 3.8) is 0 Å². The normalized spacial score (nSPS) is 9.93. The Bertz CT molecular complexity index is 877. The summed E-state index contributed by atoms with van der Waals surface area (Å²) >= 11 is 0. The number of anilines is 1. The molecule has 27 heavy (non-hydrogen) atoms. The van der Waals surface area contributed by atoms with Crippen LogP contribution in [0.5, 0.6) is 0 Å². The number of esters is 1. The summed E-state index contributed by atoms with van der Waals surface area (Å²) in [6.45, 7) is 8.20. The minimum absolute atomic E-state index is 0.135. The highest BCUT2D eigenvalue weighted by molar-refractivity contribution is 5.91. The molecule has 0 saturated heterocycles. The number of carbonyl (C=O) groups excluding carboxylic acids is 1. The number of pyridine rings is 1. The molecule has 1 aromatic heterocycles. The van der Waals surface area contributed by atoms with Gasteiger partial charge in [0, 0.05) is 6.54 Å². The molecule has 0 aliphatic carbocycles. The highest BCUT2D eigenvalue weighted by atomic mass is 16.5. The van der Waals surface area contributed by atoms with E-state index in [1.807, 2.05) is 11.8 Å². The fourth-order valence-electron chi connectivity index (χ4n) is 2.74. The summed E-state index contributed by atoms with van der Waals surface area (Å²) in [5.41, 5.74) is 4.56. The molecule has 140 valence electrons. The van der Waals surface area contributed by atoms with Gasteiger partial charge in [-0.3, -0.25) is 0 Å². The molecule has 0 saturated carbocycles. The number of hydrogen-bond acceptors (Lipinski definition) is 5. The summed E-state index contributed by atoms with van der Waals surface area (Å²) in [4.78, 5) is 18.2. The molecule has 1 aromatic carbocycles. The number of methoxy groups -OCH3 is 1. The topological polar surface area (TPSA) is 62.7 Å². The van der Waals surface area contributed by atoms with E-state index >= 15 is 0 Å². The summed E-state index contributed by atoms with van der Waals surface area (Å²) < 4.78 is 4.79. The smallest absolute Gasteiger partial charge is 0.357 e. The summed E-state index contributed by atoms with van der Waals surface area (Å²) in [7, 11) is 1.30. The molecule has 0 amide bonds. The quantitative estimate of drug-likeness (QED) is 0.630. The lowest BCUT2D eigenvalue weighted by Gasteiger charge is -2.23. The molecule has 0 radical (unpaired) electrons. The number of ether oxygens (including phenoxy) is 1. The number of benzene rings is 1. The van der Waals surface area contributed by atoms with Gasteiger partial charge < -0.3 is 14.7 Å². The van der Waals surface area contributed by atoms with Crippen LogP contribution < -0.4 is 4.90 Å². The number of aromatic nitrogens is 1. The third-order valence-electron chi connectivity index (χ3n) is 4.30. The van der Waals surface area contributed by atoms with Crippen LogP contribution >= 0.6 is 0 Å². The summed E-state index contributed by atoms with van der Waals surface area (Å²) in [6.07, 6.45) is 4.34. The molecule has 0 spiro atoms. The van der Waals surface area contributed by atoms with E-state index in [1.165, 1.54) is 12.7 Å². The van der Waals surface area contributed by atoms with E-state index in [-0.39, 0.29) is 12.3 Å². The fraction of sp³-hybridized carbons (Fsp3) is 0.273. The zero-order valence-corrected chi connectivity index (χ0v) is 16.0. The second kappa shape index (κ2) is 9.56. The van der Waals surface area contributed by atoms with Gasteiger partial charge in [0.2, 0.25) is 0 Å². The van der Waals surface area contributed by atoms with Gasteiger partial charge in [-0.05, 0) is 36.2 Å². The van der Waals surface area contributed by atoms with Crippen molar-refractivity contribution < 1.29 is 14.6 Å². The van der Waals surface area contributed by atoms with Crippen LogP contribution in [0.4, 0.5) is 5.69 Å². The van der Waals surface area contributed by atoms with Crippen LogP contribution in [-0.4, -0.2) is 29.8 Å². The summed E-state index contributed by atoms with van der Waals surface area (Å²) in [5.74, 6) is 4.84. The first-order valence-electron chi connectivity index (χ1n) is 8.70. The second-order valence-electron chi connectivity index (χ2n) is 5.92. The SMILES string of the molecule is C=CN(Cc1ccc(CC)cc1)c1cnc(C(=O)OC)c(C#CCO)c1C. The minimum Gasteiger partial charge on any atom is -0.464 e. The van der Waals surface area contributed by atoms with Crippen molar-refractivity contribution in [1.82, 2.24) is 4.98 Å². The van der Waals surface area contributed by atoms with E-state index < -0.39 is 5.97 Å². The van der Waals surface area contributed by atoms with Crippen molar-refractivity contribution in [2.75, 3.05) is 18.6 Å². The Morgan fingerprint density at radius 2 is 2.00 bits per heavy atom. The van der Waals surface area contributed by atoms with Gasteiger partial charge in [-0.25, -0.2) is 9.78 Å². The Labute approximate surface area is 160 Å². The van der Waals surface area contributed by atoms with E-state index in [1.54, 1.807) is 12.4 Å². The molecule has 0 atom stereocenters. The Morgan fingerprint density at radius 3 is 2.56 bits per heavy atom. The summed E-state index contributed by atoms with van der Waals surface area (Å²) in [6, 6.07) is 8.40. The van der Waals surface area contributed by atoms with Gasteiger partial charge in [0.1, 0.15) is 6.61 Å². The van der Waals surface area contributed by atoms with Crippen LogP contribution in [-0.2, 0) is 17.7 Å². The van der Waals surface area contributed by atoms with E-state index in [2.05, 4.69) is 54.6 Å². The van der Waals surface area contributed by atoms with Crippen LogP contribution in [0.1, 0.15) is 39.7 Å². The van der Waals surface area contributed by atoms with Crippen molar-refractivity contribution in [1.29, 1.82) is 0 Å². The third-order valence-corrected chi connectivity index (χ3v) is 4.30. The van der Waals surface area contributed by atoms with E-state index in [9.17, 15) is 4.79 Å². The fourth-order valence-corrected chi connectivity index (χ4v) is 2.74. The number of aryl methyl sites for hydroxylation is 1. The van der Waals surface area contributed by atoms with Gasteiger partial charge in [-0.2, -0.15) is 0 Å². The van der Waals surface area contributed by atoms with Gasteiger partial charge in [0.05, 0.1) is 24.6 Å². The Balaban J connectivity index is 2.44. The van der Waals surface area contributed by atoms with Crippen LogP contribution in [0, 0.1) is 18.8 Å². The van der Waals surface area contributed by atoms with Crippen LogP contribution in [0.15, 0.2) is 43.2 Å². The number of hydrogen-bond donors (Lipinski definition) is 1. The van der Waals surface area contributed by atoms with Gasteiger partial charge in [0.25, 0.3) is 0 Å². The molecule has 5 nitrogen and oxygen atoms in total. The van der Waals surface area contributed by atoms with Crippen molar-refractivity contribution >= 4 is 11.7 Å². The number of carbonyl (C=O) groups is 1. The lowest BCUT2D eigenvalue weighted by molar-refractivity contribution is 0.0593. The Morgan fingerprint density at radius 1 is 1.33 bits per heavy atom. The minimum atomic E-state index is -0.563. The zero-order chi connectivity index (χ0) is 19.8. The predicted octanol–water partition coefficient (Wildman–Crippen LogP) is 3.23. The highest BCUT2D eigenvalue weighted by Gasteiger charge is 2.19. The molecule has 2 aromatic rings. The van der Waals surface area contributed by atoms with Crippen molar-refractivity contribution in [2.45, 2.75) is 26.8 Å². The van der Waals surface area contributed by atoms with E-state index in [0.29, 0.717) is 12.1 Å². The lowest BCUT2D eigenvalue weighted by atomic mass is 10.0. The second-order valence-corrected chi connectivity index (χ2v) is 5.92.